The second kappa shape index (κ2) is 2.43. The lowest BCUT2D eigenvalue weighted by Gasteiger charge is -2.31. The molecule has 2 nitrogen and oxygen atoms in total. The molecule has 0 saturated heterocycles. The van der Waals surface area contributed by atoms with Gasteiger partial charge in [0.1, 0.15) is 11.6 Å². The largest absolute Gasteiger partial charge is 0.300 e. The summed E-state index contributed by atoms with van der Waals surface area (Å²) >= 11 is 0. The molecule has 2 bridgehead atoms. The van der Waals surface area contributed by atoms with Crippen LogP contribution in [0.1, 0.15) is 32.1 Å². The summed E-state index contributed by atoms with van der Waals surface area (Å²) < 4.78 is 0. The van der Waals surface area contributed by atoms with Gasteiger partial charge in [-0.2, -0.15) is 0 Å². The van der Waals surface area contributed by atoms with Crippen LogP contribution in [0.4, 0.5) is 0 Å². The van der Waals surface area contributed by atoms with Crippen LogP contribution in [-0.4, -0.2) is 11.6 Å². The first-order valence-electron chi connectivity index (χ1n) is 4.30. The van der Waals surface area contributed by atoms with Crippen molar-refractivity contribution < 1.29 is 9.59 Å². The molecule has 60 valence electrons. The van der Waals surface area contributed by atoms with Gasteiger partial charge in [0.15, 0.2) is 0 Å². The molecule has 0 spiro atoms. The molecule has 0 aromatic rings. The molecule has 2 aliphatic carbocycles. The molecular weight excluding hydrogens is 140 g/mol. The number of hydrogen-bond donors (Lipinski definition) is 0. The molecule has 2 heteroatoms. The van der Waals surface area contributed by atoms with Crippen molar-refractivity contribution in [3.63, 3.8) is 0 Å². The normalized spacial score (nSPS) is 37.5. The van der Waals surface area contributed by atoms with E-state index in [-0.39, 0.29) is 5.92 Å². The average molecular weight is 152 g/mol. The van der Waals surface area contributed by atoms with Gasteiger partial charge >= 0.3 is 0 Å². The summed E-state index contributed by atoms with van der Waals surface area (Å²) in [4.78, 5) is 22.3. The number of carbonyl (C=O) groups excluding carboxylic acids is 2. The van der Waals surface area contributed by atoms with Crippen molar-refractivity contribution in [2.75, 3.05) is 0 Å². The van der Waals surface area contributed by atoms with Gasteiger partial charge in [-0.15, -0.1) is 0 Å². The lowest BCUT2D eigenvalue weighted by molar-refractivity contribution is -0.134. The van der Waals surface area contributed by atoms with E-state index in [4.69, 9.17) is 0 Å². The van der Waals surface area contributed by atoms with Crippen LogP contribution in [0.5, 0.6) is 0 Å². The summed E-state index contributed by atoms with van der Waals surface area (Å²) in [6, 6.07) is 0. The Morgan fingerprint density at radius 3 is 2.82 bits per heavy atom. The van der Waals surface area contributed by atoms with Gasteiger partial charge in [0.05, 0.1) is 0 Å². The SMILES string of the molecule is O=C1CC2CCC(=O)C(C1)C2. The molecule has 0 amide bonds. The summed E-state index contributed by atoms with van der Waals surface area (Å²) in [6.45, 7) is 0. The number of carbonyl (C=O) groups is 2. The first kappa shape index (κ1) is 7.01. The molecule has 2 saturated carbocycles. The fourth-order valence-electron chi connectivity index (χ4n) is 2.26. The van der Waals surface area contributed by atoms with E-state index in [1.54, 1.807) is 0 Å². The highest BCUT2D eigenvalue weighted by Gasteiger charge is 2.35. The van der Waals surface area contributed by atoms with Crippen LogP contribution >= 0.6 is 0 Å². The Hall–Kier alpha value is -0.660. The van der Waals surface area contributed by atoms with E-state index in [0.717, 1.165) is 25.7 Å². The topological polar surface area (TPSA) is 34.1 Å². The van der Waals surface area contributed by atoms with Crippen LogP contribution in [-0.2, 0) is 9.59 Å². The maximum atomic E-state index is 11.2. The van der Waals surface area contributed by atoms with Crippen molar-refractivity contribution in [3.8, 4) is 0 Å². The maximum absolute atomic E-state index is 11.2. The van der Waals surface area contributed by atoms with Crippen LogP contribution in [0.25, 0.3) is 0 Å². The molecular formula is C9H12O2. The highest BCUT2D eigenvalue weighted by molar-refractivity contribution is 5.90. The highest BCUT2D eigenvalue weighted by Crippen LogP contribution is 2.35. The first-order chi connectivity index (χ1) is 5.25. The Labute approximate surface area is 66.0 Å². The molecule has 2 unspecified atom stereocenters. The maximum Gasteiger partial charge on any atom is 0.136 e. The molecule has 0 aromatic heterocycles. The van der Waals surface area contributed by atoms with Gasteiger partial charge in [0.2, 0.25) is 0 Å². The number of rotatable bonds is 0. The van der Waals surface area contributed by atoms with Crippen LogP contribution in [0.3, 0.4) is 0 Å². The van der Waals surface area contributed by atoms with Crippen molar-refractivity contribution >= 4 is 11.6 Å². The number of Topliss-reactive ketones (excluding diaryl/α,β-unsaturated/α-hetero) is 2. The predicted octanol–water partition coefficient (Wildman–Crippen LogP) is 1.33. The Morgan fingerprint density at radius 2 is 2.00 bits per heavy atom. The molecule has 2 fully saturated rings. The highest BCUT2D eigenvalue weighted by atomic mass is 16.1. The quantitative estimate of drug-likeness (QED) is 0.524. The van der Waals surface area contributed by atoms with E-state index in [1.165, 1.54) is 0 Å². The predicted molar refractivity (Wildman–Crippen MR) is 40.1 cm³/mol. The lowest BCUT2D eigenvalue weighted by Crippen LogP contribution is -2.33. The third-order valence-electron chi connectivity index (χ3n) is 2.86. The van der Waals surface area contributed by atoms with Crippen molar-refractivity contribution in [3.05, 3.63) is 0 Å². The number of ketones is 2. The Balaban J connectivity index is 2.14. The molecule has 2 aliphatic rings. The molecule has 0 N–H and O–H groups in total. The molecule has 2 rings (SSSR count). The summed E-state index contributed by atoms with van der Waals surface area (Å²) in [5.41, 5.74) is 0. The summed E-state index contributed by atoms with van der Waals surface area (Å²) in [5, 5.41) is 0. The molecule has 0 heterocycles. The Morgan fingerprint density at radius 1 is 1.18 bits per heavy atom. The smallest absolute Gasteiger partial charge is 0.136 e. The zero-order chi connectivity index (χ0) is 7.84. The van der Waals surface area contributed by atoms with Gasteiger partial charge in [0.25, 0.3) is 0 Å². The van der Waals surface area contributed by atoms with E-state index < -0.39 is 0 Å². The average Bonchev–Trinajstić information content (AvgIpc) is 1.97. The Kier molecular flexibility index (Phi) is 1.55. The van der Waals surface area contributed by atoms with E-state index >= 15 is 0 Å². The first-order valence-corrected chi connectivity index (χ1v) is 4.30. The summed E-state index contributed by atoms with van der Waals surface area (Å²) in [7, 11) is 0. The van der Waals surface area contributed by atoms with Gasteiger partial charge in [-0.1, -0.05) is 0 Å². The van der Waals surface area contributed by atoms with E-state index in [9.17, 15) is 9.59 Å². The zero-order valence-electron chi connectivity index (χ0n) is 6.51. The molecule has 0 radical (unpaired) electrons. The van der Waals surface area contributed by atoms with Gasteiger partial charge in [0, 0.05) is 25.2 Å². The van der Waals surface area contributed by atoms with Crippen LogP contribution < -0.4 is 0 Å². The second-order valence-electron chi connectivity index (χ2n) is 3.75. The standard InChI is InChI=1S/C9H12O2/c10-8-4-6-1-2-9(11)7(3-6)5-8/h6-7H,1-5H2. The van der Waals surface area contributed by atoms with E-state index in [1.807, 2.05) is 0 Å². The van der Waals surface area contributed by atoms with Crippen molar-refractivity contribution in [2.45, 2.75) is 32.1 Å². The number of hydrogen-bond acceptors (Lipinski definition) is 2. The minimum Gasteiger partial charge on any atom is -0.300 e. The summed E-state index contributed by atoms with van der Waals surface area (Å²) in [6.07, 6.45) is 3.95. The van der Waals surface area contributed by atoms with Crippen molar-refractivity contribution in [1.82, 2.24) is 0 Å². The zero-order valence-corrected chi connectivity index (χ0v) is 6.51. The van der Waals surface area contributed by atoms with Gasteiger partial charge < -0.3 is 0 Å². The molecule has 11 heavy (non-hydrogen) atoms. The minimum absolute atomic E-state index is 0.106. The Bertz CT molecular complexity index is 208. The molecule has 0 aromatic carbocycles. The monoisotopic (exact) mass is 152 g/mol. The minimum atomic E-state index is 0.106. The number of fused-ring (bicyclic) bond motifs is 2. The van der Waals surface area contributed by atoms with Gasteiger partial charge in [-0.3, -0.25) is 9.59 Å². The van der Waals surface area contributed by atoms with Crippen LogP contribution in [0.15, 0.2) is 0 Å². The lowest BCUT2D eigenvalue weighted by atomic mass is 9.71. The van der Waals surface area contributed by atoms with Gasteiger partial charge in [-0.05, 0) is 18.8 Å². The third-order valence-corrected chi connectivity index (χ3v) is 2.86. The second-order valence-corrected chi connectivity index (χ2v) is 3.75. The fourth-order valence-corrected chi connectivity index (χ4v) is 2.26. The van der Waals surface area contributed by atoms with E-state index in [0.29, 0.717) is 23.9 Å². The summed E-state index contributed by atoms with van der Waals surface area (Å²) in [5.74, 6) is 1.28. The van der Waals surface area contributed by atoms with E-state index in [2.05, 4.69) is 0 Å². The van der Waals surface area contributed by atoms with Crippen LogP contribution in [0, 0.1) is 11.8 Å². The van der Waals surface area contributed by atoms with Crippen molar-refractivity contribution in [2.24, 2.45) is 11.8 Å². The molecule has 0 aliphatic heterocycles. The van der Waals surface area contributed by atoms with Crippen LogP contribution in [0.2, 0.25) is 0 Å². The third kappa shape index (κ3) is 1.22. The van der Waals surface area contributed by atoms with Crippen molar-refractivity contribution in [1.29, 1.82) is 0 Å². The molecule has 2 atom stereocenters. The fraction of sp³-hybridized carbons (Fsp3) is 0.778. The van der Waals surface area contributed by atoms with Gasteiger partial charge in [-0.25, -0.2) is 0 Å².